The van der Waals surface area contributed by atoms with Gasteiger partial charge in [0.15, 0.2) is 0 Å². The Morgan fingerprint density at radius 3 is 2.52 bits per heavy atom. The van der Waals surface area contributed by atoms with Crippen LogP contribution in [0.15, 0.2) is 0 Å². The average molecular weight is 469 g/mol. The normalized spacial score (nSPS) is 49.0. The van der Waals surface area contributed by atoms with Crippen LogP contribution in [0.2, 0.25) is 0 Å². The molecule has 0 radical (unpaired) electrons. The zero-order valence-electron chi connectivity index (χ0n) is 19.4. The quantitative estimate of drug-likeness (QED) is 0.504. The molecule has 0 aromatic carbocycles. The molecule has 0 amide bonds. The summed E-state index contributed by atoms with van der Waals surface area (Å²) in [7, 11) is 0. The predicted molar refractivity (Wildman–Crippen MR) is 111 cm³/mol. The van der Waals surface area contributed by atoms with Crippen molar-refractivity contribution >= 4 is 11.9 Å². The minimum absolute atomic E-state index is 0.00747. The molecule has 6 saturated carbocycles. The van der Waals surface area contributed by atoms with Crippen LogP contribution in [0.1, 0.15) is 65.2 Å². The Bertz CT molecular complexity index is 823. The van der Waals surface area contributed by atoms with Gasteiger partial charge >= 0.3 is 11.9 Å². The van der Waals surface area contributed by atoms with Crippen molar-refractivity contribution in [2.24, 2.45) is 35.5 Å². The van der Waals surface area contributed by atoms with Crippen LogP contribution in [-0.4, -0.2) is 54.5 Å². The summed E-state index contributed by atoms with van der Waals surface area (Å²) in [5.74, 6) is -2.15. The van der Waals surface area contributed by atoms with Crippen molar-refractivity contribution in [2.45, 2.75) is 94.5 Å². The number of hydrogen-bond donors (Lipinski definition) is 0. The summed E-state index contributed by atoms with van der Waals surface area (Å²) in [5, 5.41) is 0. The second kappa shape index (κ2) is 7.36. The zero-order chi connectivity index (χ0) is 23.2. The SMILES string of the molecule is CCC1(OCC(C)(F)F)C2CC3CC1CC(OCC(=O)OC1C4CC5C(=O)OC1C5C4)(C3)C2. The summed E-state index contributed by atoms with van der Waals surface area (Å²) in [6, 6.07) is 0. The van der Waals surface area contributed by atoms with Crippen LogP contribution in [0.5, 0.6) is 0 Å². The fourth-order valence-corrected chi connectivity index (χ4v) is 8.80. The van der Waals surface area contributed by atoms with Crippen LogP contribution in [0.3, 0.4) is 0 Å². The first-order valence-electron chi connectivity index (χ1n) is 12.7. The van der Waals surface area contributed by atoms with Gasteiger partial charge < -0.3 is 18.9 Å². The van der Waals surface area contributed by atoms with Crippen molar-refractivity contribution in [3.8, 4) is 0 Å². The van der Waals surface area contributed by atoms with Crippen LogP contribution >= 0.6 is 0 Å². The molecular weight excluding hydrogens is 434 g/mol. The summed E-state index contributed by atoms with van der Waals surface area (Å²) < 4.78 is 50.8. The number of fused-ring (bicyclic) bond motifs is 1. The lowest BCUT2D eigenvalue weighted by atomic mass is 9.47. The van der Waals surface area contributed by atoms with Gasteiger partial charge in [-0.05, 0) is 69.1 Å². The fraction of sp³-hybridized carbons (Fsp3) is 0.920. The third kappa shape index (κ3) is 3.45. The van der Waals surface area contributed by atoms with Gasteiger partial charge in [-0.2, -0.15) is 0 Å². The lowest BCUT2D eigenvalue weighted by Crippen LogP contribution is -2.65. The Hall–Kier alpha value is -1.28. The number of ether oxygens (including phenoxy) is 4. The smallest absolute Gasteiger partial charge is 0.332 e. The molecule has 7 fully saturated rings. The van der Waals surface area contributed by atoms with Gasteiger partial charge in [0.2, 0.25) is 0 Å². The largest absolute Gasteiger partial charge is 0.458 e. The summed E-state index contributed by atoms with van der Waals surface area (Å²) in [4.78, 5) is 24.7. The molecule has 0 aromatic heterocycles. The highest BCUT2D eigenvalue weighted by atomic mass is 19.3. The van der Waals surface area contributed by atoms with E-state index in [2.05, 4.69) is 0 Å². The number of halogens is 2. The summed E-state index contributed by atoms with van der Waals surface area (Å²) in [6.07, 6.45) is 6.09. The van der Waals surface area contributed by atoms with E-state index in [0.717, 1.165) is 51.9 Å². The Morgan fingerprint density at radius 2 is 1.85 bits per heavy atom. The van der Waals surface area contributed by atoms with Crippen molar-refractivity contribution in [2.75, 3.05) is 13.2 Å². The van der Waals surface area contributed by atoms with Crippen LogP contribution in [-0.2, 0) is 28.5 Å². The molecule has 1 heterocycles. The Kier molecular flexibility index (Phi) is 4.95. The van der Waals surface area contributed by atoms with E-state index < -0.39 is 29.7 Å². The first kappa shape index (κ1) is 22.2. The second-order valence-corrected chi connectivity index (χ2v) is 11.8. The maximum Gasteiger partial charge on any atom is 0.332 e. The molecule has 33 heavy (non-hydrogen) atoms. The molecule has 0 aromatic rings. The lowest BCUT2D eigenvalue weighted by molar-refractivity contribution is -0.272. The monoisotopic (exact) mass is 468 g/mol. The van der Waals surface area contributed by atoms with E-state index in [0.29, 0.717) is 12.3 Å². The lowest BCUT2D eigenvalue weighted by Gasteiger charge is -2.64. The first-order chi connectivity index (χ1) is 15.6. The molecule has 6 nitrogen and oxygen atoms in total. The maximum atomic E-state index is 13.6. The summed E-state index contributed by atoms with van der Waals surface area (Å²) in [6.45, 7) is 2.29. The standard InChI is InChI=1S/C25H34F2O6/c1-3-25(31-12-23(2,26)27)15-4-13-5-16(25)10-24(8-13,9-15)30-11-19(28)32-20-14-6-17-18(7-14)22(29)33-21(17)20/h13-18,20-21H,3-12H2,1-2H3. The highest BCUT2D eigenvalue weighted by Gasteiger charge is 2.64. The molecule has 7 rings (SSSR count). The molecule has 184 valence electrons. The van der Waals surface area contributed by atoms with Crippen LogP contribution in [0.25, 0.3) is 0 Å². The van der Waals surface area contributed by atoms with E-state index in [9.17, 15) is 18.4 Å². The maximum absolute atomic E-state index is 13.6. The van der Waals surface area contributed by atoms with E-state index in [1.807, 2.05) is 6.92 Å². The van der Waals surface area contributed by atoms with Gasteiger partial charge in [-0.3, -0.25) is 4.79 Å². The van der Waals surface area contributed by atoms with Gasteiger partial charge in [0, 0.05) is 18.8 Å². The van der Waals surface area contributed by atoms with Gasteiger partial charge in [0.25, 0.3) is 5.92 Å². The zero-order valence-corrected chi connectivity index (χ0v) is 19.4. The fourth-order valence-electron chi connectivity index (χ4n) is 8.80. The molecular formula is C25H34F2O6. The third-order valence-electron chi connectivity index (χ3n) is 9.84. The van der Waals surface area contributed by atoms with Crippen LogP contribution < -0.4 is 0 Å². The molecule has 0 spiro atoms. The second-order valence-electron chi connectivity index (χ2n) is 11.8. The molecule has 7 aliphatic rings. The van der Waals surface area contributed by atoms with Crippen molar-refractivity contribution in [1.29, 1.82) is 0 Å². The number of rotatable bonds is 8. The number of carbonyl (C=O) groups is 2. The van der Waals surface area contributed by atoms with Crippen molar-refractivity contribution < 1.29 is 37.3 Å². The molecule has 8 heteroatoms. The topological polar surface area (TPSA) is 71.1 Å². The van der Waals surface area contributed by atoms with Crippen molar-refractivity contribution in [3.63, 3.8) is 0 Å². The van der Waals surface area contributed by atoms with Gasteiger partial charge in [-0.25, -0.2) is 13.6 Å². The van der Waals surface area contributed by atoms with Gasteiger partial charge in [-0.1, -0.05) is 6.92 Å². The Morgan fingerprint density at radius 1 is 1.12 bits per heavy atom. The highest BCUT2D eigenvalue weighted by Crippen LogP contribution is 2.63. The van der Waals surface area contributed by atoms with Crippen molar-refractivity contribution in [1.82, 2.24) is 0 Å². The molecule has 6 bridgehead atoms. The van der Waals surface area contributed by atoms with Crippen LogP contribution in [0, 0.1) is 35.5 Å². The van der Waals surface area contributed by atoms with E-state index in [1.165, 1.54) is 0 Å². The minimum Gasteiger partial charge on any atom is -0.458 e. The number of carbonyl (C=O) groups excluding carboxylic acids is 2. The molecule has 7 unspecified atom stereocenters. The summed E-state index contributed by atoms with van der Waals surface area (Å²) >= 11 is 0. The van der Waals surface area contributed by atoms with Gasteiger partial charge in [0.1, 0.15) is 25.4 Å². The number of hydrogen-bond acceptors (Lipinski definition) is 6. The highest BCUT2D eigenvalue weighted by molar-refractivity contribution is 5.77. The molecule has 7 atom stereocenters. The minimum atomic E-state index is -2.85. The van der Waals surface area contributed by atoms with E-state index in [-0.39, 0.29) is 54.4 Å². The Labute approximate surface area is 193 Å². The molecule has 0 N–H and O–H groups in total. The number of esters is 2. The predicted octanol–water partition coefficient (Wildman–Crippen LogP) is 3.90. The first-order valence-corrected chi connectivity index (χ1v) is 12.7. The van der Waals surface area contributed by atoms with E-state index >= 15 is 0 Å². The molecule has 1 saturated heterocycles. The van der Waals surface area contributed by atoms with Gasteiger partial charge in [-0.15, -0.1) is 0 Å². The Balaban J connectivity index is 1.09. The number of alkyl halides is 2. The van der Waals surface area contributed by atoms with Gasteiger partial charge in [0.05, 0.1) is 17.1 Å². The average Bonchev–Trinajstić information content (AvgIpc) is 3.37. The van der Waals surface area contributed by atoms with E-state index in [1.54, 1.807) is 0 Å². The molecule has 1 aliphatic heterocycles. The van der Waals surface area contributed by atoms with E-state index in [4.69, 9.17) is 18.9 Å². The van der Waals surface area contributed by atoms with Crippen molar-refractivity contribution in [3.05, 3.63) is 0 Å². The van der Waals surface area contributed by atoms with Crippen LogP contribution in [0.4, 0.5) is 8.78 Å². The molecule has 6 aliphatic carbocycles. The summed E-state index contributed by atoms with van der Waals surface area (Å²) in [5.41, 5.74) is -0.915. The third-order valence-corrected chi connectivity index (χ3v) is 9.84.